The van der Waals surface area contributed by atoms with Crippen molar-refractivity contribution in [2.45, 2.75) is 6.92 Å². The second kappa shape index (κ2) is 8.02. The molecule has 0 aliphatic rings. The first-order valence-corrected chi connectivity index (χ1v) is 8.29. The third kappa shape index (κ3) is 4.22. The summed E-state index contributed by atoms with van der Waals surface area (Å²) < 4.78 is 10.5. The van der Waals surface area contributed by atoms with Gasteiger partial charge in [-0.15, -0.1) is 0 Å². The van der Waals surface area contributed by atoms with Crippen molar-refractivity contribution >= 4 is 34.6 Å². The molecule has 1 aromatic heterocycles. The predicted molar refractivity (Wildman–Crippen MR) is 101 cm³/mol. The number of para-hydroxylation sites is 1. The molecule has 0 fully saturated rings. The van der Waals surface area contributed by atoms with E-state index in [0.29, 0.717) is 22.6 Å². The lowest BCUT2D eigenvalue weighted by molar-refractivity contribution is -0.112. The van der Waals surface area contributed by atoms with Crippen LogP contribution in [0.15, 0.2) is 64.6 Å². The van der Waals surface area contributed by atoms with Gasteiger partial charge in [0.15, 0.2) is 0 Å². The molecule has 0 aliphatic heterocycles. The van der Waals surface area contributed by atoms with Crippen LogP contribution in [-0.2, 0) is 9.53 Å². The van der Waals surface area contributed by atoms with Crippen LogP contribution in [0.25, 0.3) is 17.0 Å². The summed E-state index contributed by atoms with van der Waals surface area (Å²) in [5.41, 5.74) is 1.42. The van der Waals surface area contributed by atoms with Crippen molar-refractivity contribution in [3.8, 4) is 6.07 Å². The fourth-order valence-electron chi connectivity index (χ4n) is 2.47. The van der Waals surface area contributed by atoms with E-state index in [1.54, 1.807) is 37.3 Å². The zero-order chi connectivity index (χ0) is 19.2. The highest BCUT2D eigenvalue weighted by molar-refractivity contribution is 6.09. The van der Waals surface area contributed by atoms with Crippen molar-refractivity contribution in [3.63, 3.8) is 0 Å². The number of esters is 1. The predicted octanol–water partition coefficient (Wildman–Crippen LogP) is 4.16. The van der Waals surface area contributed by atoms with E-state index >= 15 is 0 Å². The molecule has 0 unspecified atom stereocenters. The van der Waals surface area contributed by atoms with E-state index in [0.717, 1.165) is 5.39 Å². The first kappa shape index (κ1) is 18.0. The number of carbonyl (C=O) groups is 2. The fraction of sp³-hybridized carbons (Fsp3) is 0.0952. The van der Waals surface area contributed by atoms with Gasteiger partial charge in [-0.25, -0.2) is 4.79 Å². The number of nitriles is 1. The zero-order valence-corrected chi connectivity index (χ0v) is 14.6. The molecule has 27 heavy (non-hydrogen) atoms. The molecule has 6 nitrogen and oxygen atoms in total. The lowest BCUT2D eigenvalue weighted by Gasteiger charge is -2.05. The fourth-order valence-corrected chi connectivity index (χ4v) is 2.47. The Kier molecular flexibility index (Phi) is 5.33. The Balaban J connectivity index is 1.75. The molecule has 0 saturated heterocycles. The molecule has 0 saturated carbocycles. The van der Waals surface area contributed by atoms with Gasteiger partial charge in [0.25, 0.3) is 5.91 Å². The van der Waals surface area contributed by atoms with E-state index in [-0.39, 0.29) is 12.2 Å². The summed E-state index contributed by atoms with van der Waals surface area (Å²) in [5.74, 6) is -0.583. The summed E-state index contributed by atoms with van der Waals surface area (Å²) in [5, 5.41) is 12.8. The minimum atomic E-state index is -0.568. The van der Waals surface area contributed by atoms with E-state index in [1.165, 1.54) is 6.08 Å². The Labute approximate surface area is 155 Å². The molecular weight excluding hydrogens is 344 g/mol. The topological polar surface area (TPSA) is 92.3 Å². The second-order valence-corrected chi connectivity index (χ2v) is 5.61. The van der Waals surface area contributed by atoms with Gasteiger partial charge in [-0.2, -0.15) is 5.26 Å². The lowest BCUT2D eigenvalue weighted by atomic mass is 10.2. The Hall–Kier alpha value is -3.85. The summed E-state index contributed by atoms with van der Waals surface area (Å²) >= 11 is 0. The molecule has 0 bridgehead atoms. The second-order valence-electron chi connectivity index (χ2n) is 5.61. The van der Waals surface area contributed by atoms with Crippen molar-refractivity contribution < 1.29 is 18.7 Å². The molecule has 1 N–H and O–H groups in total. The maximum atomic E-state index is 12.3. The number of furan rings is 1. The summed E-state index contributed by atoms with van der Waals surface area (Å²) in [6.07, 6.45) is 1.39. The number of rotatable bonds is 5. The highest BCUT2D eigenvalue weighted by Crippen LogP contribution is 2.21. The van der Waals surface area contributed by atoms with E-state index in [4.69, 9.17) is 9.15 Å². The number of ether oxygens (including phenoxy) is 1. The number of nitrogens with one attached hydrogen (secondary N) is 1. The van der Waals surface area contributed by atoms with Crippen LogP contribution >= 0.6 is 0 Å². The summed E-state index contributed by atoms with van der Waals surface area (Å²) in [6.45, 7) is 2.01. The minimum Gasteiger partial charge on any atom is -0.462 e. The Morgan fingerprint density at radius 1 is 1.19 bits per heavy atom. The largest absolute Gasteiger partial charge is 0.462 e. The molecule has 0 spiro atoms. The number of carbonyl (C=O) groups excluding carboxylic acids is 2. The van der Waals surface area contributed by atoms with Crippen LogP contribution in [0, 0.1) is 11.3 Å². The van der Waals surface area contributed by atoms with Crippen molar-refractivity contribution in [1.82, 2.24) is 0 Å². The lowest BCUT2D eigenvalue weighted by Crippen LogP contribution is -2.13. The third-order valence-electron chi connectivity index (χ3n) is 3.75. The molecule has 3 aromatic rings. The van der Waals surface area contributed by atoms with Gasteiger partial charge < -0.3 is 14.5 Å². The van der Waals surface area contributed by atoms with Gasteiger partial charge in [-0.05, 0) is 43.3 Å². The number of hydrogen-bond acceptors (Lipinski definition) is 5. The van der Waals surface area contributed by atoms with Crippen LogP contribution in [0.2, 0.25) is 0 Å². The van der Waals surface area contributed by atoms with Crippen LogP contribution in [0.1, 0.15) is 23.0 Å². The summed E-state index contributed by atoms with van der Waals surface area (Å²) in [4.78, 5) is 24.0. The number of amides is 1. The third-order valence-corrected chi connectivity index (χ3v) is 3.75. The van der Waals surface area contributed by atoms with Gasteiger partial charge in [0, 0.05) is 17.1 Å². The monoisotopic (exact) mass is 360 g/mol. The summed E-state index contributed by atoms with van der Waals surface area (Å²) in [6, 6.07) is 17.3. The van der Waals surface area contributed by atoms with Crippen molar-refractivity contribution in [2.75, 3.05) is 11.9 Å². The number of benzene rings is 2. The first-order valence-electron chi connectivity index (χ1n) is 8.29. The van der Waals surface area contributed by atoms with Crippen LogP contribution in [0.3, 0.4) is 0 Å². The van der Waals surface area contributed by atoms with Gasteiger partial charge in [0.05, 0.1) is 12.2 Å². The average Bonchev–Trinajstić information content (AvgIpc) is 3.09. The first-order chi connectivity index (χ1) is 13.1. The zero-order valence-electron chi connectivity index (χ0n) is 14.6. The van der Waals surface area contributed by atoms with E-state index in [2.05, 4.69) is 5.32 Å². The van der Waals surface area contributed by atoms with E-state index < -0.39 is 11.9 Å². The molecule has 1 amide bonds. The Morgan fingerprint density at radius 3 is 2.59 bits per heavy atom. The summed E-state index contributed by atoms with van der Waals surface area (Å²) in [7, 11) is 0. The molecule has 6 heteroatoms. The molecule has 3 rings (SSSR count). The molecule has 2 aromatic carbocycles. The minimum absolute atomic E-state index is 0.0940. The number of anilines is 1. The smallest absolute Gasteiger partial charge is 0.338 e. The van der Waals surface area contributed by atoms with Gasteiger partial charge in [-0.1, -0.05) is 18.2 Å². The normalized spacial score (nSPS) is 11.0. The number of nitrogens with zero attached hydrogens (tertiary/aromatic N) is 1. The Morgan fingerprint density at radius 2 is 1.93 bits per heavy atom. The molecule has 134 valence electrons. The highest BCUT2D eigenvalue weighted by Gasteiger charge is 2.12. The molecule has 0 radical (unpaired) electrons. The van der Waals surface area contributed by atoms with Crippen molar-refractivity contribution in [2.24, 2.45) is 0 Å². The van der Waals surface area contributed by atoms with Gasteiger partial charge >= 0.3 is 5.97 Å². The Bertz CT molecular complexity index is 1020. The standard InChI is InChI=1S/C21H16N2O4/c1-2-26-21(25)14-7-9-17(10-8-14)23-20(24)16(13-22)12-18-11-15-5-3-4-6-19(15)27-18/h3-12H,2H2,1H3,(H,23,24)/b16-12+. The average molecular weight is 360 g/mol. The van der Waals surface area contributed by atoms with Gasteiger partial charge in [0.2, 0.25) is 0 Å². The van der Waals surface area contributed by atoms with E-state index in [1.807, 2.05) is 30.3 Å². The highest BCUT2D eigenvalue weighted by atomic mass is 16.5. The molecule has 0 atom stereocenters. The molecule has 0 aliphatic carbocycles. The van der Waals surface area contributed by atoms with Crippen LogP contribution in [0.5, 0.6) is 0 Å². The number of fused-ring (bicyclic) bond motifs is 1. The number of hydrogen-bond donors (Lipinski definition) is 1. The van der Waals surface area contributed by atoms with E-state index in [9.17, 15) is 14.9 Å². The van der Waals surface area contributed by atoms with Crippen molar-refractivity contribution in [3.05, 3.63) is 71.5 Å². The maximum absolute atomic E-state index is 12.3. The maximum Gasteiger partial charge on any atom is 0.338 e. The van der Waals surface area contributed by atoms with Crippen LogP contribution < -0.4 is 5.32 Å². The molecular formula is C21H16N2O4. The quantitative estimate of drug-likeness (QED) is 0.419. The SMILES string of the molecule is CCOC(=O)c1ccc(NC(=O)/C(C#N)=C/c2cc3ccccc3o2)cc1. The van der Waals surface area contributed by atoms with Crippen molar-refractivity contribution in [1.29, 1.82) is 5.26 Å². The van der Waals surface area contributed by atoms with Crippen LogP contribution in [0.4, 0.5) is 5.69 Å². The van der Waals surface area contributed by atoms with Gasteiger partial charge in [-0.3, -0.25) is 4.79 Å². The molecule has 1 heterocycles. The van der Waals surface area contributed by atoms with Gasteiger partial charge in [0.1, 0.15) is 23.0 Å². The van der Waals surface area contributed by atoms with Crippen LogP contribution in [-0.4, -0.2) is 18.5 Å².